The van der Waals surface area contributed by atoms with Crippen LogP contribution in [0.1, 0.15) is 42.7 Å². The summed E-state index contributed by atoms with van der Waals surface area (Å²) in [6, 6.07) is 9.64. The second kappa shape index (κ2) is 7.72. The first-order chi connectivity index (χ1) is 12.5. The van der Waals surface area contributed by atoms with Crippen molar-refractivity contribution in [2.45, 2.75) is 26.7 Å². The Kier molecular flexibility index (Phi) is 5.40. The van der Waals surface area contributed by atoms with Crippen molar-refractivity contribution in [1.29, 1.82) is 0 Å². The predicted octanol–water partition coefficient (Wildman–Crippen LogP) is 2.85. The molecule has 2 heterocycles. The summed E-state index contributed by atoms with van der Waals surface area (Å²) in [7, 11) is 0. The van der Waals surface area contributed by atoms with Crippen LogP contribution in [-0.4, -0.2) is 59.4 Å². The third-order valence-corrected chi connectivity index (χ3v) is 4.74. The van der Waals surface area contributed by atoms with E-state index in [2.05, 4.69) is 24.1 Å². The van der Waals surface area contributed by atoms with Gasteiger partial charge in [-0.3, -0.25) is 9.78 Å². The summed E-state index contributed by atoms with van der Waals surface area (Å²) >= 11 is 0. The maximum Gasteiger partial charge on any atom is 0.317 e. The van der Waals surface area contributed by atoms with Crippen LogP contribution in [-0.2, 0) is 0 Å². The highest BCUT2D eigenvalue weighted by Crippen LogP contribution is 2.24. The Bertz CT molecular complexity index is 811. The number of pyridine rings is 1. The fourth-order valence-electron chi connectivity index (χ4n) is 3.21. The van der Waals surface area contributed by atoms with Crippen LogP contribution >= 0.6 is 0 Å². The summed E-state index contributed by atoms with van der Waals surface area (Å²) in [6.07, 6.45) is 0. The average molecular weight is 354 g/mol. The molecule has 2 aromatic rings. The molecular weight excluding hydrogens is 328 g/mol. The van der Waals surface area contributed by atoms with Crippen molar-refractivity contribution in [3.63, 3.8) is 0 Å². The summed E-state index contributed by atoms with van der Waals surface area (Å²) in [6.45, 7) is 8.87. The number of para-hydroxylation sites is 1. The number of carbonyl (C=O) groups excluding carboxylic acids is 2. The molecule has 0 spiro atoms. The van der Waals surface area contributed by atoms with Crippen molar-refractivity contribution in [2.75, 3.05) is 32.7 Å². The molecule has 0 unspecified atom stereocenters. The molecule has 0 atom stereocenters. The zero-order chi connectivity index (χ0) is 18.7. The highest BCUT2D eigenvalue weighted by atomic mass is 16.2. The van der Waals surface area contributed by atoms with Crippen molar-refractivity contribution in [2.24, 2.45) is 0 Å². The van der Waals surface area contributed by atoms with Crippen LogP contribution in [0.4, 0.5) is 4.79 Å². The number of benzene rings is 1. The van der Waals surface area contributed by atoms with Crippen LogP contribution in [0.25, 0.3) is 10.9 Å². The topological polar surface area (TPSA) is 65.5 Å². The zero-order valence-corrected chi connectivity index (χ0v) is 15.7. The van der Waals surface area contributed by atoms with Gasteiger partial charge in [0.15, 0.2) is 0 Å². The van der Waals surface area contributed by atoms with Gasteiger partial charge in [0.05, 0.1) is 11.1 Å². The third-order valence-electron chi connectivity index (χ3n) is 4.74. The zero-order valence-electron chi connectivity index (χ0n) is 15.7. The van der Waals surface area contributed by atoms with Crippen LogP contribution in [0.2, 0.25) is 0 Å². The van der Waals surface area contributed by atoms with Gasteiger partial charge in [0.2, 0.25) is 0 Å². The van der Waals surface area contributed by atoms with Crippen LogP contribution in [0.3, 0.4) is 0 Å². The summed E-state index contributed by atoms with van der Waals surface area (Å²) in [5.74, 6) is 0.266. The minimum absolute atomic E-state index is 0.0149. The van der Waals surface area contributed by atoms with E-state index < -0.39 is 0 Å². The normalized spacial score (nSPS) is 14.8. The van der Waals surface area contributed by atoms with Crippen LogP contribution in [0.5, 0.6) is 0 Å². The molecule has 6 nitrogen and oxygen atoms in total. The lowest BCUT2D eigenvalue weighted by Gasteiger charge is -2.35. The monoisotopic (exact) mass is 354 g/mol. The Morgan fingerprint density at radius 2 is 1.77 bits per heavy atom. The Morgan fingerprint density at radius 3 is 2.42 bits per heavy atom. The van der Waals surface area contributed by atoms with Crippen molar-refractivity contribution in [3.05, 3.63) is 41.6 Å². The maximum atomic E-state index is 13.2. The van der Waals surface area contributed by atoms with E-state index in [1.165, 1.54) is 0 Å². The minimum Gasteiger partial charge on any atom is -0.338 e. The number of carbonyl (C=O) groups is 2. The molecule has 1 aliphatic rings. The van der Waals surface area contributed by atoms with E-state index in [1.807, 2.05) is 42.2 Å². The lowest BCUT2D eigenvalue weighted by molar-refractivity contribution is 0.0667. The van der Waals surface area contributed by atoms with E-state index in [4.69, 9.17) is 0 Å². The van der Waals surface area contributed by atoms with Crippen LogP contribution in [0, 0.1) is 0 Å². The molecule has 0 saturated carbocycles. The second-order valence-electron chi connectivity index (χ2n) is 6.88. The van der Waals surface area contributed by atoms with Gasteiger partial charge in [-0.1, -0.05) is 32.0 Å². The molecule has 0 aliphatic carbocycles. The smallest absolute Gasteiger partial charge is 0.317 e. The highest BCUT2D eigenvalue weighted by Gasteiger charge is 2.26. The molecule has 3 rings (SSSR count). The van der Waals surface area contributed by atoms with E-state index in [-0.39, 0.29) is 17.9 Å². The number of nitrogens with one attached hydrogen (secondary N) is 1. The molecule has 26 heavy (non-hydrogen) atoms. The molecule has 0 radical (unpaired) electrons. The molecule has 6 heteroatoms. The van der Waals surface area contributed by atoms with Gasteiger partial charge >= 0.3 is 6.03 Å². The Labute approximate surface area is 154 Å². The number of urea groups is 1. The summed E-state index contributed by atoms with van der Waals surface area (Å²) in [5, 5.41) is 3.69. The standard InChI is InChI=1S/C20H26N4O2/c1-4-21-20(26)24-11-9-23(10-12-24)19(25)16-13-18(14(2)3)22-17-8-6-5-7-15(16)17/h5-8,13-14H,4,9-12H2,1-3H3,(H,21,26). The predicted molar refractivity (Wildman–Crippen MR) is 102 cm³/mol. The Hall–Kier alpha value is -2.63. The molecule has 1 fully saturated rings. The first kappa shape index (κ1) is 18.2. The molecule has 138 valence electrons. The average Bonchev–Trinajstić information content (AvgIpc) is 2.66. The van der Waals surface area contributed by atoms with Crippen molar-refractivity contribution >= 4 is 22.8 Å². The number of amides is 3. The Balaban J connectivity index is 1.83. The van der Waals surface area contributed by atoms with E-state index >= 15 is 0 Å². The van der Waals surface area contributed by atoms with Gasteiger partial charge in [-0.25, -0.2) is 4.79 Å². The van der Waals surface area contributed by atoms with Gasteiger partial charge in [0, 0.05) is 43.8 Å². The van der Waals surface area contributed by atoms with Gasteiger partial charge in [0.1, 0.15) is 0 Å². The Morgan fingerprint density at radius 1 is 1.12 bits per heavy atom. The SMILES string of the molecule is CCNC(=O)N1CCN(C(=O)c2cc(C(C)C)nc3ccccc23)CC1. The van der Waals surface area contributed by atoms with Gasteiger partial charge < -0.3 is 15.1 Å². The molecule has 1 aromatic carbocycles. The molecule has 1 aliphatic heterocycles. The number of aromatic nitrogens is 1. The number of piperazine rings is 1. The van der Waals surface area contributed by atoms with E-state index in [1.54, 1.807) is 4.90 Å². The number of nitrogens with zero attached hydrogens (tertiary/aromatic N) is 3. The van der Waals surface area contributed by atoms with E-state index in [0.717, 1.165) is 16.6 Å². The molecule has 3 amide bonds. The van der Waals surface area contributed by atoms with Gasteiger partial charge in [-0.2, -0.15) is 0 Å². The fraction of sp³-hybridized carbons (Fsp3) is 0.450. The third kappa shape index (κ3) is 3.64. The summed E-state index contributed by atoms with van der Waals surface area (Å²) < 4.78 is 0. The van der Waals surface area contributed by atoms with Gasteiger partial charge in [0.25, 0.3) is 5.91 Å². The number of rotatable bonds is 3. The van der Waals surface area contributed by atoms with E-state index in [0.29, 0.717) is 38.3 Å². The molecule has 1 saturated heterocycles. The second-order valence-corrected chi connectivity index (χ2v) is 6.88. The lowest BCUT2D eigenvalue weighted by atomic mass is 10.0. The molecule has 1 N–H and O–H groups in total. The summed E-state index contributed by atoms with van der Waals surface area (Å²) in [4.78, 5) is 33.4. The van der Waals surface area contributed by atoms with Crippen LogP contribution < -0.4 is 5.32 Å². The van der Waals surface area contributed by atoms with Gasteiger partial charge in [-0.05, 0) is 25.0 Å². The van der Waals surface area contributed by atoms with Crippen LogP contribution in [0.15, 0.2) is 30.3 Å². The fourth-order valence-corrected chi connectivity index (χ4v) is 3.21. The minimum atomic E-state index is -0.0592. The first-order valence-corrected chi connectivity index (χ1v) is 9.23. The molecular formula is C20H26N4O2. The first-order valence-electron chi connectivity index (χ1n) is 9.23. The van der Waals surface area contributed by atoms with Gasteiger partial charge in [-0.15, -0.1) is 0 Å². The lowest BCUT2D eigenvalue weighted by Crippen LogP contribution is -2.53. The van der Waals surface area contributed by atoms with Crippen molar-refractivity contribution in [1.82, 2.24) is 20.1 Å². The summed E-state index contributed by atoms with van der Waals surface area (Å²) in [5.41, 5.74) is 2.47. The maximum absolute atomic E-state index is 13.2. The number of fused-ring (bicyclic) bond motifs is 1. The molecule has 0 bridgehead atoms. The van der Waals surface area contributed by atoms with Crippen molar-refractivity contribution < 1.29 is 9.59 Å². The molecule has 1 aromatic heterocycles. The largest absolute Gasteiger partial charge is 0.338 e. The van der Waals surface area contributed by atoms with E-state index in [9.17, 15) is 9.59 Å². The highest BCUT2D eigenvalue weighted by molar-refractivity contribution is 6.06. The number of hydrogen-bond donors (Lipinski definition) is 1. The van der Waals surface area contributed by atoms with Crippen molar-refractivity contribution in [3.8, 4) is 0 Å². The quantitative estimate of drug-likeness (QED) is 0.922. The number of hydrogen-bond acceptors (Lipinski definition) is 3.